The number of piperidine rings is 1. The maximum Gasteiger partial charge on any atom is 0.409 e. The van der Waals surface area contributed by atoms with Gasteiger partial charge in [-0.3, -0.25) is 0 Å². The molecule has 1 fully saturated rings. The summed E-state index contributed by atoms with van der Waals surface area (Å²) >= 11 is 0. The van der Waals surface area contributed by atoms with Crippen molar-refractivity contribution in [3.8, 4) is 11.4 Å². The fourth-order valence-electron chi connectivity index (χ4n) is 4.87. The molecule has 2 heterocycles. The van der Waals surface area contributed by atoms with Crippen LogP contribution in [-0.4, -0.2) is 53.6 Å². The molecule has 1 aliphatic carbocycles. The highest BCUT2D eigenvalue weighted by atomic mass is 16.6. The van der Waals surface area contributed by atoms with Gasteiger partial charge in [0.05, 0.1) is 25.6 Å². The summed E-state index contributed by atoms with van der Waals surface area (Å²) in [5.41, 5.74) is 3.81. The number of hydrogen-bond donors (Lipinski definition) is 1. The van der Waals surface area contributed by atoms with Crippen molar-refractivity contribution in [3.05, 3.63) is 41.7 Å². The van der Waals surface area contributed by atoms with E-state index in [-0.39, 0.29) is 17.6 Å². The number of carbonyl (C=O) groups excluding carboxylic acids is 1. The predicted octanol–water partition coefficient (Wildman–Crippen LogP) is 4.10. The normalized spacial score (nSPS) is 20.9. The smallest absolute Gasteiger partial charge is 0.409 e. The Morgan fingerprint density at radius 2 is 1.94 bits per heavy atom. The van der Waals surface area contributed by atoms with Gasteiger partial charge in [-0.05, 0) is 62.3 Å². The summed E-state index contributed by atoms with van der Waals surface area (Å²) in [6.45, 7) is 8.42. The molecule has 4 rings (SSSR count). The van der Waals surface area contributed by atoms with Crippen LogP contribution in [0.4, 0.5) is 4.79 Å². The van der Waals surface area contributed by atoms with Crippen molar-refractivity contribution in [2.45, 2.75) is 58.5 Å². The number of aromatic nitrogens is 2. The lowest BCUT2D eigenvalue weighted by Gasteiger charge is -2.39. The largest absolute Gasteiger partial charge is 0.497 e. The van der Waals surface area contributed by atoms with E-state index in [0.717, 1.165) is 50.2 Å². The van der Waals surface area contributed by atoms with Crippen molar-refractivity contribution in [2.75, 3.05) is 26.8 Å². The zero-order valence-corrected chi connectivity index (χ0v) is 19.1. The number of ether oxygens (including phenoxy) is 2. The number of nitrogens with one attached hydrogen (secondary N) is 1. The Labute approximate surface area is 184 Å². The van der Waals surface area contributed by atoms with Gasteiger partial charge >= 0.3 is 6.09 Å². The Balaban J connectivity index is 1.49. The number of fused-ring (bicyclic) bond motifs is 1. The molecule has 1 aliphatic heterocycles. The molecule has 2 aliphatic rings. The minimum Gasteiger partial charge on any atom is -0.497 e. The van der Waals surface area contributed by atoms with Crippen LogP contribution in [0, 0.1) is 5.41 Å². The molecule has 1 aromatic heterocycles. The molecule has 7 nitrogen and oxygen atoms in total. The highest BCUT2D eigenvalue weighted by Gasteiger charge is 2.36. The van der Waals surface area contributed by atoms with Crippen LogP contribution in [0.1, 0.15) is 57.3 Å². The number of nitrogens with zero attached hydrogens (tertiary/aromatic N) is 3. The first-order chi connectivity index (χ1) is 14.9. The van der Waals surface area contributed by atoms with Gasteiger partial charge in [0, 0.05) is 36.4 Å². The van der Waals surface area contributed by atoms with Gasteiger partial charge < -0.3 is 19.7 Å². The molecule has 7 heteroatoms. The molecule has 168 valence electrons. The molecule has 31 heavy (non-hydrogen) atoms. The average Bonchev–Trinajstić information content (AvgIpc) is 3.17. The number of rotatable bonds is 5. The summed E-state index contributed by atoms with van der Waals surface area (Å²) < 4.78 is 12.5. The number of carbonyl (C=O) groups is 1. The summed E-state index contributed by atoms with van der Waals surface area (Å²) in [5, 5.41) is 8.65. The van der Waals surface area contributed by atoms with E-state index in [4.69, 9.17) is 14.6 Å². The van der Waals surface area contributed by atoms with Crippen LogP contribution < -0.4 is 10.1 Å². The fourth-order valence-corrected chi connectivity index (χ4v) is 4.87. The van der Waals surface area contributed by atoms with Gasteiger partial charge in [-0.25, -0.2) is 9.48 Å². The first-order valence-electron chi connectivity index (χ1n) is 11.3. The molecular weight excluding hydrogens is 392 g/mol. The maximum atomic E-state index is 12.0. The van der Waals surface area contributed by atoms with Gasteiger partial charge in [0.15, 0.2) is 0 Å². The summed E-state index contributed by atoms with van der Waals surface area (Å²) in [4.78, 5) is 13.8. The summed E-state index contributed by atoms with van der Waals surface area (Å²) in [6, 6.07) is 8.73. The highest BCUT2D eigenvalue weighted by molar-refractivity contribution is 5.67. The molecule has 1 aromatic carbocycles. The van der Waals surface area contributed by atoms with Gasteiger partial charge in [0.25, 0.3) is 0 Å². The SMILES string of the molecule is CCOC(=O)N1CCC(N[C@@H]2CC(C)(C)Cc3c2cnn3-c2ccc(OC)cc2)CC1. The topological polar surface area (TPSA) is 68.6 Å². The van der Waals surface area contributed by atoms with Crippen LogP contribution in [-0.2, 0) is 11.2 Å². The van der Waals surface area contributed by atoms with E-state index >= 15 is 0 Å². The van der Waals surface area contributed by atoms with E-state index < -0.39 is 0 Å². The monoisotopic (exact) mass is 426 g/mol. The summed E-state index contributed by atoms with van der Waals surface area (Å²) in [6.07, 6.45) is 5.79. The molecule has 1 N–H and O–H groups in total. The van der Waals surface area contributed by atoms with Gasteiger partial charge in [-0.15, -0.1) is 0 Å². The van der Waals surface area contributed by atoms with E-state index in [0.29, 0.717) is 12.6 Å². The second-order valence-electron chi connectivity index (χ2n) is 9.38. The van der Waals surface area contributed by atoms with Crippen molar-refractivity contribution in [2.24, 2.45) is 5.41 Å². The second kappa shape index (κ2) is 8.91. The molecule has 0 unspecified atom stereocenters. The van der Waals surface area contributed by atoms with E-state index in [1.54, 1.807) is 7.11 Å². The van der Waals surface area contributed by atoms with Crippen LogP contribution in [0.25, 0.3) is 5.69 Å². The van der Waals surface area contributed by atoms with E-state index in [9.17, 15) is 4.79 Å². The highest BCUT2D eigenvalue weighted by Crippen LogP contribution is 2.42. The van der Waals surface area contributed by atoms with Crippen LogP contribution in [0.5, 0.6) is 5.75 Å². The first-order valence-corrected chi connectivity index (χ1v) is 11.3. The quantitative estimate of drug-likeness (QED) is 0.779. The number of methoxy groups -OCH3 is 1. The molecule has 0 radical (unpaired) electrons. The van der Waals surface area contributed by atoms with Crippen LogP contribution in [0.15, 0.2) is 30.5 Å². The van der Waals surface area contributed by atoms with E-state index in [1.165, 1.54) is 11.3 Å². The van der Waals surface area contributed by atoms with Gasteiger partial charge in [0.1, 0.15) is 5.75 Å². The Morgan fingerprint density at radius 3 is 2.58 bits per heavy atom. The number of likely N-dealkylation sites (tertiary alicyclic amines) is 1. The second-order valence-corrected chi connectivity index (χ2v) is 9.38. The van der Waals surface area contributed by atoms with Gasteiger partial charge in [-0.1, -0.05) is 13.8 Å². The lowest BCUT2D eigenvalue weighted by Crippen LogP contribution is -2.47. The molecule has 0 spiro atoms. The standard InChI is InChI=1S/C24H34N4O3/c1-5-31-23(29)27-12-10-17(11-13-27)26-21-14-24(2,3)15-22-20(21)16-25-28(22)18-6-8-19(30-4)9-7-18/h6-9,16-17,21,26H,5,10-15H2,1-4H3/t21-/m1/s1. The third kappa shape index (κ3) is 4.71. The maximum absolute atomic E-state index is 12.0. The zero-order chi connectivity index (χ0) is 22.0. The molecule has 0 saturated carbocycles. The average molecular weight is 427 g/mol. The summed E-state index contributed by atoms with van der Waals surface area (Å²) in [5.74, 6) is 0.846. The van der Waals surface area contributed by atoms with Crippen LogP contribution in [0.2, 0.25) is 0 Å². The van der Waals surface area contributed by atoms with Crippen LogP contribution in [0.3, 0.4) is 0 Å². The van der Waals surface area contributed by atoms with Crippen molar-refractivity contribution in [1.82, 2.24) is 20.0 Å². The molecule has 2 aromatic rings. The molecule has 1 atom stereocenters. The number of hydrogen-bond acceptors (Lipinski definition) is 5. The summed E-state index contributed by atoms with van der Waals surface area (Å²) in [7, 11) is 1.68. The lowest BCUT2D eigenvalue weighted by atomic mass is 9.74. The Hall–Kier alpha value is -2.54. The van der Waals surface area contributed by atoms with Gasteiger partial charge in [-0.2, -0.15) is 5.10 Å². The van der Waals surface area contributed by atoms with Crippen molar-refractivity contribution in [3.63, 3.8) is 0 Å². The number of benzene rings is 1. The van der Waals surface area contributed by atoms with Crippen LogP contribution >= 0.6 is 0 Å². The lowest BCUT2D eigenvalue weighted by molar-refractivity contribution is 0.0931. The molecule has 0 bridgehead atoms. The third-order valence-electron chi connectivity index (χ3n) is 6.45. The van der Waals surface area contributed by atoms with Crippen molar-refractivity contribution >= 4 is 6.09 Å². The Kier molecular flexibility index (Phi) is 6.23. The van der Waals surface area contributed by atoms with Crippen molar-refractivity contribution in [1.29, 1.82) is 0 Å². The van der Waals surface area contributed by atoms with Crippen molar-refractivity contribution < 1.29 is 14.3 Å². The zero-order valence-electron chi connectivity index (χ0n) is 19.1. The van der Waals surface area contributed by atoms with E-state index in [1.807, 2.05) is 30.2 Å². The van der Waals surface area contributed by atoms with Gasteiger partial charge in [0.2, 0.25) is 0 Å². The Morgan fingerprint density at radius 1 is 1.23 bits per heavy atom. The Bertz CT molecular complexity index is 898. The minimum atomic E-state index is -0.192. The van der Waals surface area contributed by atoms with E-state index in [2.05, 4.69) is 36.0 Å². The minimum absolute atomic E-state index is 0.181. The first kappa shape index (κ1) is 21.7. The number of amides is 1. The predicted molar refractivity (Wildman–Crippen MR) is 120 cm³/mol. The molecule has 1 saturated heterocycles. The molecular formula is C24H34N4O3. The fraction of sp³-hybridized carbons (Fsp3) is 0.583. The molecule has 1 amide bonds. The third-order valence-corrected chi connectivity index (χ3v) is 6.45.